The summed E-state index contributed by atoms with van der Waals surface area (Å²) in [5.41, 5.74) is 3.30. The van der Waals surface area contributed by atoms with Gasteiger partial charge in [0, 0.05) is 31.2 Å². The molecule has 1 saturated heterocycles. The first-order valence-electron chi connectivity index (χ1n) is 11.1. The van der Waals surface area contributed by atoms with Gasteiger partial charge < -0.3 is 10.1 Å². The lowest BCUT2D eigenvalue weighted by molar-refractivity contribution is -0.122. The van der Waals surface area contributed by atoms with Crippen LogP contribution < -0.4 is 9.62 Å². The third-order valence-electron chi connectivity index (χ3n) is 5.74. The van der Waals surface area contributed by atoms with Crippen molar-refractivity contribution < 1.29 is 17.9 Å². The maximum absolute atomic E-state index is 13.1. The van der Waals surface area contributed by atoms with E-state index in [-0.39, 0.29) is 5.91 Å². The summed E-state index contributed by atoms with van der Waals surface area (Å²) in [5.74, 6) is -0.348. The van der Waals surface area contributed by atoms with E-state index in [4.69, 9.17) is 16.3 Å². The maximum atomic E-state index is 13.1. The van der Waals surface area contributed by atoms with Crippen molar-refractivity contribution in [1.82, 2.24) is 10.2 Å². The molecule has 1 atom stereocenters. The van der Waals surface area contributed by atoms with Gasteiger partial charge in [0.15, 0.2) is 0 Å². The zero-order valence-corrected chi connectivity index (χ0v) is 21.0. The lowest BCUT2D eigenvalue weighted by Crippen LogP contribution is -2.49. The van der Waals surface area contributed by atoms with Crippen molar-refractivity contribution in [2.24, 2.45) is 0 Å². The monoisotopic (exact) mass is 493 g/mol. The number of hydrogen-bond acceptors (Lipinski definition) is 5. The fraction of sp³-hybridized carbons (Fsp3) is 0.458. The van der Waals surface area contributed by atoms with Gasteiger partial charge in [0.25, 0.3) is 0 Å². The molecule has 0 saturated carbocycles. The van der Waals surface area contributed by atoms with Crippen LogP contribution in [0, 0.1) is 6.92 Å². The number of nitrogens with one attached hydrogen (secondary N) is 1. The second kappa shape index (κ2) is 11.3. The maximum Gasteiger partial charge on any atom is 0.244 e. The number of ether oxygens (including phenoxy) is 1. The molecule has 0 bridgehead atoms. The molecule has 3 rings (SSSR count). The van der Waals surface area contributed by atoms with E-state index in [1.54, 1.807) is 32.0 Å². The molecule has 180 valence electrons. The molecule has 1 amide bonds. The number of carbonyl (C=O) groups is 1. The molecule has 1 N–H and O–H groups in total. The van der Waals surface area contributed by atoms with Gasteiger partial charge in [0.1, 0.15) is 6.04 Å². The molecular weight excluding hydrogens is 462 g/mol. The van der Waals surface area contributed by atoms with Crippen molar-refractivity contribution in [3.05, 3.63) is 64.2 Å². The summed E-state index contributed by atoms with van der Waals surface area (Å²) in [6, 6.07) is 12.3. The molecule has 0 spiro atoms. The highest BCUT2D eigenvalue weighted by molar-refractivity contribution is 7.92. The van der Waals surface area contributed by atoms with Crippen LogP contribution in [0.1, 0.15) is 30.0 Å². The standard InChI is InChI=1S/C24H32ClN3O4S/c1-4-22(28(33(3,30)31)23-15-21(25)10-5-18(23)2)24(29)26-16-19-6-8-20(9-7-19)17-27-11-13-32-14-12-27/h5-10,15,22H,4,11-14,16-17H2,1-3H3,(H,26,29). The normalized spacial score (nSPS) is 15.8. The van der Waals surface area contributed by atoms with Crippen LogP contribution in [0.4, 0.5) is 5.69 Å². The minimum Gasteiger partial charge on any atom is -0.379 e. The average molecular weight is 494 g/mol. The number of morpholine rings is 1. The minimum absolute atomic E-state index is 0.319. The minimum atomic E-state index is -3.72. The summed E-state index contributed by atoms with van der Waals surface area (Å²) in [7, 11) is -3.72. The number of nitrogens with zero attached hydrogens (tertiary/aromatic N) is 2. The van der Waals surface area contributed by atoms with Gasteiger partial charge in [-0.2, -0.15) is 0 Å². The highest BCUT2D eigenvalue weighted by Gasteiger charge is 2.32. The van der Waals surface area contributed by atoms with Gasteiger partial charge >= 0.3 is 0 Å². The van der Waals surface area contributed by atoms with Crippen LogP contribution in [0.3, 0.4) is 0 Å². The fourth-order valence-electron chi connectivity index (χ4n) is 3.94. The third-order valence-corrected chi connectivity index (χ3v) is 7.14. The molecule has 1 fully saturated rings. The highest BCUT2D eigenvalue weighted by atomic mass is 35.5. The van der Waals surface area contributed by atoms with Crippen LogP contribution >= 0.6 is 11.6 Å². The highest BCUT2D eigenvalue weighted by Crippen LogP contribution is 2.29. The molecule has 1 unspecified atom stereocenters. The largest absolute Gasteiger partial charge is 0.379 e. The Kier molecular flexibility index (Phi) is 8.75. The smallest absolute Gasteiger partial charge is 0.244 e. The number of hydrogen-bond donors (Lipinski definition) is 1. The van der Waals surface area contributed by atoms with E-state index in [1.807, 2.05) is 12.1 Å². The van der Waals surface area contributed by atoms with Gasteiger partial charge in [0.2, 0.25) is 15.9 Å². The van der Waals surface area contributed by atoms with Crippen LogP contribution in [0.25, 0.3) is 0 Å². The van der Waals surface area contributed by atoms with Crippen LogP contribution in [0.2, 0.25) is 5.02 Å². The van der Waals surface area contributed by atoms with Crippen molar-refractivity contribution in [3.63, 3.8) is 0 Å². The second-order valence-corrected chi connectivity index (χ2v) is 10.6. The predicted octanol–water partition coefficient (Wildman–Crippen LogP) is 3.34. The Bertz CT molecular complexity index is 1050. The van der Waals surface area contributed by atoms with E-state index in [2.05, 4.69) is 22.3 Å². The van der Waals surface area contributed by atoms with Crippen LogP contribution in [-0.4, -0.2) is 57.8 Å². The molecule has 1 aliphatic rings. The summed E-state index contributed by atoms with van der Waals surface area (Å²) in [6.07, 6.45) is 1.43. The zero-order valence-electron chi connectivity index (χ0n) is 19.4. The number of carbonyl (C=O) groups excluding carboxylic acids is 1. The van der Waals surface area contributed by atoms with E-state index in [9.17, 15) is 13.2 Å². The summed E-state index contributed by atoms with van der Waals surface area (Å²) < 4.78 is 31.9. The lowest BCUT2D eigenvalue weighted by Gasteiger charge is -2.31. The van der Waals surface area contributed by atoms with Crippen LogP contribution in [0.15, 0.2) is 42.5 Å². The Morgan fingerprint density at radius 3 is 2.39 bits per heavy atom. The molecule has 7 nitrogen and oxygen atoms in total. The van der Waals surface area contributed by atoms with Crippen molar-refractivity contribution in [2.75, 3.05) is 36.9 Å². The van der Waals surface area contributed by atoms with Gasteiger partial charge in [0.05, 0.1) is 25.2 Å². The quantitative estimate of drug-likeness (QED) is 0.579. The molecule has 33 heavy (non-hydrogen) atoms. The van der Waals surface area contributed by atoms with E-state index in [1.165, 1.54) is 9.87 Å². The predicted molar refractivity (Wildman–Crippen MR) is 132 cm³/mol. The number of amides is 1. The molecular formula is C24H32ClN3O4S. The number of halogens is 1. The SMILES string of the molecule is CCC(C(=O)NCc1ccc(CN2CCOCC2)cc1)N(c1cc(Cl)ccc1C)S(C)(=O)=O. The van der Waals surface area contributed by atoms with Gasteiger partial charge in [-0.15, -0.1) is 0 Å². The summed E-state index contributed by atoms with van der Waals surface area (Å²) >= 11 is 6.12. The van der Waals surface area contributed by atoms with E-state index < -0.39 is 16.1 Å². The summed E-state index contributed by atoms with van der Waals surface area (Å²) in [4.78, 5) is 15.4. The Morgan fingerprint density at radius 2 is 1.79 bits per heavy atom. The van der Waals surface area contributed by atoms with Crippen LogP contribution in [0.5, 0.6) is 0 Å². The van der Waals surface area contributed by atoms with Crippen molar-refractivity contribution >= 4 is 33.2 Å². The number of benzene rings is 2. The molecule has 1 aliphatic heterocycles. The van der Waals surface area contributed by atoms with Gasteiger partial charge in [-0.3, -0.25) is 14.0 Å². The Balaban J connectivity index is 1.68. The van der Waals surface area contributed by atoms with Crippen molar-refractivity contribution in [2.45, 2.75) is 39.4 Å². The van der Waals surface area contributed by atoms with Crippen LogP contribution in [-0.2, 0) is 32.6 Å². The number of aryl methyl sites for hydroxylation is 1. The summed E-state index contributed by atoms with van der Waals surface area (Å²) in [5, 5.41) is 3.32. The molecule has 0 radical (unpaired) electrons. The molecule has 0 aliphatic carbocycles. The molecule has 0 aromatic heterocycles. The molecule has 2 aromatic rings. The Morgan fingerprint density at radius 1 is 1.15 bits per heavy atom. The Hall–Kier alpha value is -2.13. The zero-order chi connectivity index (χ0) is 24.0. The second-order valence-electron chi connectivity index (χ2n) is 8.34. The first kappa shape index (κ1) is 25.5. The third kappa shape index (κ3) is 6.93. The van der Waals surface area contributed by atoms with Crippen molar-refractivity contribution in [1.29, 1.82) is 0 Å². The van der Waals surface area contributed by atoms with E-state index in [0.29, 0.717) is 23.7 Å². The molecule has 9 heteroatoms. The lowest BCUT2D eigenvalue weighted by atomic mass is 10.1. The fourth-order valence-corrected chi connectivity index (χ4v) is 5.37. The number of anilines is 1. The van der Waals surface area contributed by atoms with E-state index in [0.717, 1.165) is 50.2 Å². The average Bonchev–Trinajstić information content (AvgIpc) is 2.78. The first-order chi connectivity index (χ1) is 15.7. The summed E-state index contributed by atoms with van der Waals surface area (Å²) in [6.45, 7) is 8.17. The molecule has 1 heterocycles. The Labute approximate surface area is 201 Å². The molecule has 2 aromatic carbocycles. The number of sulfonamides is 1. The van der Waals surface area contributed by atoms with Gasteiger partial charge in [-0.25, -0.2) is 8.42 Å². The topological polar surface area (TPSA) is 79.0 Å². The van der Waals surface area contributed by atoms with Gasteiger partial charge in [-0.05, 0) is 42.2 Å². The van der Waals surface area contributed by atoms with Crippen molar-refractivity contribution in [3.8, 4) is 0 Å². The first-order valence-corrected chi connectivity index (χ1v) is 13.3. The number of rotatable bonds is 9. The van der Waals surface area contributed by atoms with E-state index >= 15 is 0 Å². The van der Waals surface area contributed by atoms with Gasteiger partial charge in [-0.1, -0.05) is 48.9 Å².